The summed E-state index contributed by atoms with van der Waals surface area (Å²) in [5, 5.41) is 12.1. The van der Waals surface area contributed by atoms with Gasteiger partial charge in [-0.15, -0.1) is 0 Å². The maximum atomic E-state index is 12.4. The summed E-state index contributed by atoms with van der Waals surface area (Å²) in [6.45, 7) is 4.43. The van der Waals surface area contributed by atoms with Gasteiger partial charge in [0.2, 0.25) is 0 Å². The molecule has 5 nitrogen and oxygen atoms in total. The number of anilines is 1. The standard InChI is InChI=1S/C19H19NO4/c1-19(2,18(22)23)15-5-7-16(8-6-15)20-17(21)12-3-4-13-10-24-11-14(13)9-12/h3-9H,10-11H2,1-2H3,(H,20,21)(H,22,23). The Hall–Kier alpha value is -2.66. The Morgan fingerprint density at radius 3 is 2.38 bits per heavy atom. The molecule has 0 spiro atoms. The lowest BCUT2D eigenvalue weighted by Gasteiger charge is -2.19. The molecular formula is C19H19NO4. The molecule has 1 aliphatic heterocycles. The van der Waals surface area contributed by atoms with E-state index in [-0.39, 0.29) is 5.91 Å². The van der Waals surface area contributed by atoms with Gasteiger partial charge in [0.1, 0.15) is 0 Å². The summed E-state index contributed by atoms with van der Waals surface area (Å²) in [5.41, 5.74) is 3.08. The Labute approximate surface area is 140 Å². The molecule has 24 heavy (non-hydrogen) atoms. The molecule has 0 fully saturated rings. The average Bonchev–Trinajstić information content (AvgIpc) is 3.02. The molecule has 0 saturated carbocycles. The molecule has 3 rings (SSSR count). The first-order chi connectivity index (χ1) is 11.4. The highest BCUT2D eigenvalue weighted by Gasteiger charge is 2.29. The normalized spacial score (nSPS) is 13.4. The van der Waals surface area contributed by atoms with Crippen LogP contribution in [-0.4, -0.2) is 17.0 Å². The molecule has 0 aromatic heterocycles. The number of carbonyl (C=O) groups is 2. The molecule has 0 radical (unpaired) electrons. The number of hydrogen-bond donors (Lipinski definition) is 2. The molecule has 0 unspecified atom stereocenters. The summed E-state index contributed by atoms with van der Waals surface area (Å²) in [4.78, 5) is 23.6. The Morgan fingerprint density at radius 2 is 1.71 bits per heavy atom. The van der Waals surface area contributed by atoms with Crippen LogP contribution in [0.1, 0.15) is 40.9 Å². The number of fused-ring (bicyclic) bond motifs is 1. The van der Waals surface area contributed by atoms with Gasteiger partial charge in [-0.05, 0) is 54.8 Å². The fourth-order valence-corrected chi connectivity index (χ4v) is 2.61. The van der Waals surface area contributed by atoms with Crippen LogP contribution in [0, 0.1) is 0 Å². The fourth-order valence-electron chi connectivity index (χ4n) is 2.61. The number of carbonyl (C=O) groups excluding carboxylic acids is 1. The van der Waals surface area contributed by atoms with Crippen LogP contribution in [0.2, 0.25) is 0 Å². The highest BCUT2D eigenvalue weighted by molar-refractivity contribution is 6.04. The van der Waals surface area contributed by atoms with E-state index in [1.54, 1.807) is 44.2 Å². The summed E-state index contributed by atoms with van der Waals surface area (Å²) < 4.78 is 5.35. The van der Waals surface area contributed by atoms with Gasteiger partial charge in [-0.25, -0.2) is 0 Å². The number of aliphatic carboxylic acids is 1. The number of nitrogens with one attached hydrogen (secondary N) is 1. The molecule has 1 heterocycles. The van der Waals surface area contributed by atoms with Crippen molar-refractivity contribution in [2.45, 2.75) is 32.5 Å². The number of carboxylic acids is 1. The minimum absolute atomic E-state index is 0.199. The van der Waals surface area contributed by atoms with E-state index in [1.807, 2.05) is 12.1 Å². The van der Waals surface area contributed by atoms with Crippen molar-refractivity contribution in [3.8, 4) is 0 Å². The van der Waals surface area contributed by atoms with E-state index < -0.39 is 11.4 Å². The van der Waals surface area contributed by atoms with Crippen molar-refractivity contribution in [3.05, 3.63) is 64.7 Å². The van der Waals surface area contributed by atoms with Crippen LogP contribution in [0.15, 0.2) is 42.5 Å². The van der Waals surface area contributed by atoms with Crippen molar-refractivity contribution in [1.82, 2.24) is 0 Å². The van der Waals surface area contributed by atoms with Crippen LogP contribution in [0.25, 0.3) is 0 Å². The maximum Gasteiger partial charge on any atom is 0.313 e. The monoisotopic (exact) mass is 325 g/mol. The topological polar surface area (TPSA) is 75.6 Å². The van der Waals surface area contributed by atoms with Gasteiger partial charge in [0.25, 0.3) is 5.91 Å². The van der Waals surface area contributed by atoms with Crippen LogP contribution < -0.4 is 5.32 Å². The predicted octanol–water partition coefficient (Wildman–Crippen LogP) is 3.33. The zero-order chi connectivity index (χ0) is 17.3. The second-order valence-corrected chi connectivity index (χ2v) is 6.44. The third-order valence-corrected chi connectivity index (χ3v) is 4.38. The lowest BCUT2D eigenvalue weighted by molar-refractivity contribution is -0.142. The Bertz CT molecular complexity index is 794. The highest BCUT2D eigenvalue weighted by atomic mass is 16.5. The first-order valence-corrected chi connectivity index (χ1v) is 7.73. The zero-order valence-corrected chi connectivity index (χ0v) is 13.6. The van der Waals surface area contributed by atoms with Crippen LogP contribution >= 0.6 is 0 Å². The summed E-state index contributed by atoms with van der Waals surface area (Å²) in [5.74, 6) is -1.09. The third kappa shape index (κ3) is 3.03. The van der Waals surface area contributed by atoms with E-state index in [0.717, 1.165) is 11.1 Å². The summed E-state index contributed by atoms with van der Waals surface area (Å²) in [7, 11) is 0. The lowest BCUT2D eigenvalue weighted by Crippen LogP contribution is -2.28. The maximum absolute atomic E-state index is 12.4. The van der Waals surface area contributed by atoms with Gasteiger partial charge < -0.3 is 15.2 Å². The smallest absolute Gasteiger partial charge is 0.313 e. The zero-order valence-electron chi connectivity index (χ0n) is 13.6. The van der Waals surface area contributed by atoms with Crippen molar-refractivity contribution in [3.63, 3.8) is 0 Å². The van der Waals surface area contributed by atoms with E-state index in [4.69, 9.17) is 4.74 Å². The summed E-state index contributed by atoms with van der Waals surface area (Å²) in [6.07, 6.45) is 0. The van der Waals surface area contributed by atoms with E-state index in [0.29, 0.717) is 30.0 Å². The van der Waals surface area contributed by atoms with Crippen molar-refractivity contribution in [1.29, 1.82) is 0 Å². The van der Waals surface area contributed by atoms with Crippen LogP contribution in [0.3, 0.4) is 0 Å². The minimum atomic E-state index is -0.970. The fraction of sp³-hybridized carbons (Fsp3) is 0.263. The largest absolute Gasteiger partial charge is 0.481 e. The van der Waals surface area contributed by atoms with Crippen LogP contribution in [0.4, 0.5) is 5.69 Å². The van der Waals surface area contributed by atoms with Crippen LogP contribution in [0.5, 0.6) is 0 Å². The molecule has 2 N–H and O–H groups in total. The molecule has 5 heteroatoms. The Kier molecular flexibility index (Phi) is 4.11. The SMILES string of the molecule is CC(C)(C(=O)O)c1ccc(NC(=O)c2ccc3c(c2)COC3)cc1. The van der Waals surface area contributed by atoms with Crippen molar-refractivity contribution in [2.75, 3.05) is 5.32 Å². The lowest BCUT2D eigenvalue weighted by atomic mass is 9.85. The van der Waals surface area contributed by atoms with E-state index >= 15 is 0 Å². The van der Waals surface area contributed by atoms with Gasteiger partial charge in [-0.3, -0.25) is 9.59 Å². The van der Waals surface area contributed by atoms with Crippen molar-refractivity contribution >= 4 is 17.6 Å². The van der Waals surface area contributed by atoms with E-state index in [2.05, 4.69) is 5.32 Å². The minimum Gasteiger partial charge on any atom is -0.481 e. The van der Waals surface area contributed by atoms with Crippen LogP contribution in [-0.2, 0) is 28.2 Å². The second-order valence-electron chi connectivity index (χ2n) is 6.44. The van der Waals surface area contributed by atoms with Gasteiger partial charge in [-0.2, -0.15) is 0 Å². The molecule has 2 aromatic carbocycles. The quantitative estimate of drug-likeness (QED) is 0.904. The number of carboxylic acid groups (broad SMARTS) is 1. The second kappa shape index (κ2) is 6.09. The first kappa shape index (κ1) is 16.2. The van der Waals surface area contributed by atoms with Crippen molar-refractivity contribution in [2.24, 2.45) is 0 Å². The summed E-state index contributed by atoms with van der Waals surface area (Å²) >= 11 is 0. The Balaban J connectivity index is 1.74. The number of benzene rings is 2. The van der Waals surface area contributed by atoms with E-state index in [9.17, 15) is 14.7 Å². The van der Waals surface area contributed by atoms with Gasteiger partial charge in [0.15, 0.2) is 0 Å². The van der Waals surface area contributed by atoms with E-state index in [1.165, 1.54) is 0 Å². The molecular weight excluding hydrogens is 306 g/mol. The molecule has 1 amide bonds. The number of amides is 1. The van der Waals surface area contributed by atoms with Crippen molar-refractivity contribution < 1.29 is 19.4 Å². The molecule has 0 aliphatic carbocycles. The Morgan fingerprint density at radius 1 is 1.04 bits per heavy atom. The van der Waals surface area contributed by atoms with Gasteiger partial charge in [0.05, 0.1) is 18.6 Å². The summed E-state index contributed by atoms with van der Waals surface area (Å²) in [6, 6.07) is 12.4. The van der Waals surface area contributed by atoms with Gasteiger partial charge in [-0.1, -0.05) is 18.2 Å². The number of rotatable bonds is 4. The predicted molar refractivity (Wildman–Crippen MR) is 90.0 cm³/mol. The third-order valence-electron chi connectivity index (χ3n) is 4.38. The highest BCUT2D eigenvalue weighted by Crippen LogP contribution is 2.25. The molecule has 124 valence electrons. The average molecular weight is 325 g/mol. The van der Waals surface area contributed by atoms with Gasteiger partial charge >= 0.3 is 5.97 Å². The first-order valence-electron chi connectivity index (χ1n) is 7.73. The number of hydrogen-bond acceptors (Lipinski definition) is 3. The van der Waals surface area contributed by atoms with Gasteiger partial charge in [0, 0.05) is 11.3 Å². The molecule has 1 aliphatic rings. The molecule has 0 saturated heterocycles. The number of ether oxygens (including phenoxy) is 1. The molecule has 0 bridgehead atoms. The molecule has 0 atom stereocenters. The molecule has 2 aromatic rings.